The number of aromatic nitrogens is 2. The van der Waals surface area contributed by atoms with E-state index in [0.29, 0.717) is 28.8 Å². The Hall–Kier alpha value is -2.72. The van der Waals surface area contributed by atoms with Gasteiger partial charge in [-0.05, 0) is 48.9 Å². The van der Waals surface area contributed by atoms with Gasteiger partial charge in [-0.15, -0.1) is 0 Å². The summed E-state index contributed by atoms with van der Waals surface area (Å²) in [6.07, 6.45) is 3.01. The second-order valence-corrected chi connectivity index (χ2v) is 11.7. The van der Waals surface area contributed by atoms with Gasteiger partial charge in [-0.25, -0.2) is 22.7 Å². The molecule has 1 N–H and O–H groups in total. The lowest BCUT2D eigenvalue weighted by Gasteiger charge is -2.34. The van der Waals surface area contributed by atoms with Gasteiger partial charge in [-0.2, -0.15) is 0 Å². The summed E-state index contributed by atoms with van der Waals surface area (Å²) in [5.74, 6) is 0.979. The first-order chi connectivity index (χ1) is 17.2. The summed E-state index contributed by atoms with van der Waals surface area (Å²) < 4.78 is 26.7. The zero-order valence-electron chi connectivity index (χ0n) is 21.2. The molecule has 36 heavy (non-hydrogen) atoms. The molecule has 2 aromatic carbocycles. The van der Waals surface area contributed by atoms with Crippen molar-refractivity contribution in [3.8, 4) is 0 Å². The Kier molecular flexibility index (Phi) is 8.14. The number of nitrogens with zero attached hydrogens (tertiary/aromatic N) is 5. The van der Waals surface area contributed by atoms with E-state index in [9.17, 15) is 8.42 Å². The molecular weight excluding hydrogens is 496 g/mol. The van der Waals surface area contributed by atoms with Gasteiger partial charge in [0.25, 0.3) is 0 Å². The van der Waals surface area contributed by atoms with E-state index in [1.807, 2.05) is 0 Å². The Morgan fingerprint density at radius 2 is 1.78 bits per heavy atom. The molecule has 0 amide bonds. The third-order valence-corrected chi connectivity index (χ3v) is 8.63. The summed E-state index contributed by atoms with van der Waals surface area (Å²) in [7, 11) is 1.52. The summed E-state index contributed by atoms with van der Waals surface area (Å²) in [5.41, 5.74) is 4.09. The number of hydrogen-bond acceptors (Lipinski definition) is 7. The average Bonchev–Trinajstić information content (AvgIpc) is 2.87. The van der Waals surface area contributed by atoms with Crippen LogP contribution in [0.25, 0.3) is 0 Å². The maximum atomic E-state index is 12.8. The van der Waals surface area contributed by atoms with Crippen LogP contribution in [0.15, 0.2) is 53.6 Å². The molecule has 0 aliphatic carbocycles. The lowest BCUT2D eigenvalue weighted by atomic mass is 10.0. The van der Waals surface area contributed by atoms with Gasteiger partial charge in [0.1, 0.15) is 15.7 Å². The second-order valence-electron chi connectivity index (χ2n) is 9.17. The van der Waals surface area contributed by atoms with Crippen molar-refractivity contribution in [2.45, 2.75) is 24.7 Å². The fraction of sp³-hybridized carbons (Fsp3) is 0.385. The number of sulfonamides is 1. The van der Waals surface area contributed by atoms with Crippen molar-refractivity contribution >= 4 is 38.8 Å². The molecule has 4 rings (SSSR count). The highest BCUT2D eigenvalue weighted by Crippen LogP contribution is 2.29. The topological polar surface area (TPSA) is 81.7 Å². The fourth-order valence-electron chi connectivity index (χ4n) is 4.24. The molecular formula is C26H33ClN6O2S. The average molecular weight is 529 g/mol. The highest BCUT2D eigenvalue weighted by molar-refractivity contribution is 7.89. The van der Waals surface area contributed by atoms with Crippen molar-refractivity contribution in [3.63, 3.8) is 0 Å². The molecule has 1 saturated heterocycles. The zero-order valence-corrected chi connectivity index (χ0v) is 22.8. The summed E-state index contributed by atoms with van der Waals surface area (Å²) in [5, 5.41) is 3.43. The lowest BCUT2D eigenvalue weighted by molar-refractivity contribution is 0.313. The van der Waals surface area contributed by atoms with Crippen LogP contribution in [0.5, 0.6) is 0 Å². The van der Waals surface area contributed by atoms with Gasteiger partial charge in [0.15, 0.2) is 5.82 Å². The quantitative estimate of drug-likeness (QED) is 0.472. The number of halogens is 1. The number of anilines is 3. The van der Waals surface area contributed by atoms with Gasteiger partial charge in [0, 0.05) is 52.4 Å². The van der Waals surface area contributed by atoms with Crippen LogP contribution in [0.3, 0.4) is 0 Å². The van der Waals surface area contributed by atoms with Crippen molar-refractivity contribution in [1.82, 2.24) is 19.2 Å². The van der Waals surface area contributed by atoms with Crippen LogP contribution in [0.1, 0.15) is 23.9 Å². The van der Waals surface area contributed by atoms with E-state index in [4.69, 9.17) is 11.6 Å². The van der Waals surface area contributed by atoms with Crippen molar-refractivity contribution < 1.29 is 8.42 Å². The summed E-state index contributed by atoms with van der Waals surface area (Å²) in [6, 6.07) is 13.3. The number of likely N-dealkylation sites (N-methyl/N-ethyl adjacent to an activating group) is 1. The van der Waals surface area contributed by atoms with E-state index >= 15 is 0 Å². The van der Waals surface area contributed by atoms with E-state index in [1.54, 1.807) is 30.5 Å². The zero-order chi connectivity index (χ0) is 25.9. The first-order valence-corrected chi connectivity index (χ1v) is 13.9. The van der Waals surface area contributed by atoms with Gasteiger partial charge in [0.05, 0.1) is 11.9 Å². The maximum Gasteiger partial charge on any atom is 0.244 e. The maximum absolute atomic E-state index is 12.8. The molecule has 2 heterocycles. The summed E-state index contributed by atoms with van der Waals surface area (Å²) >= 11 is 6.40. The van der Waals surface area contributed by atoms with Crippen molar-refractivity contribution in [2.75, 3.05) is 57.5 Å². The molecule has 1 aromatic heterocycles. The Morgan fingerprint density at radius 3 is 2.47 bits per heavy atom. The fourth-order valence-corrected chi connectivity index (χ4v) is 5.42. The van der Waals surface area contributed by atoms with E-state index in [-0.39, 0.29) is 4.90 Å². The number of piperazine rings is 1. The molecule has 1 fully saturated rings. The van der Waals surface area contributed by atoms with Gasteiger partial charge >= 0.3 is 0 Å². The SMILES string of the molecule is CCc1cc(N2CCN(C)CC2)ccc1Cc1ncc(Cl)c(Nc2ccccc2S(=O)(=O)N(C)C)n1. The predicted molar refractivity (Wildman–Crippen MR) is 146 cm³/mol. The van der Waals surface area contributed by atoms with Gasteiger partial charge in [-0.1, -0.05) is 36.7 Å². The van der Waals surface area contributed by atoms with Gasteiger partial charge in [0.2, 0.25) is 10.0 Å². The van der Waals surface area contributed by atoms with Gasteiger partial charge in [-0.3, -0.25) is 0 Å². The summed E-state index contributed by atoms with van der Waals surface area (Å²) in [6.45, 7) is 6.34. The summed E-state index contributed by atoms with van der Waals surface area (Å²) in [4.78, 5) is 14.0. The van der Waals surface area contributed by atoms with Gasteiger partial charge < -0.3 is 15.1 Å². The highest BCUT2D eigenvalue weighted by atomic mass is 35.5. The molecule has 1 aliphatic rings. The number of benzene rings is 2. The Balaban J connectivity index is 1.58. The minimum Gasteiger partial charge on any atom is -0.369 e. The van der Waals surface area contributed by atoms with Crippen LogP contribution in [0, 0.1) is 0 Å². The molecule has 8 nitrogen and oxygen atoms in total. The first kappa shape index (κ1) is 26.3. The molecule has 192 valence electrons. The Bertz CT molecular complexity index is 1320. The molecule has 0 unspecified atom stereocenters. The molecule has 3 aromatic rings. The van der Waals surface area contributed by atoms with Crippen LogP contribution in [0.4, 0.5) is 17.2 Å². The van der Waals surface area contributed by atoms with E-state index in [1.165, 1.54) is 35.2 Å². The van der Waals surface area contributed by atoms with E-state index in [0.717, 1.165) is 32.6 Å². The van der Waals surface area contributed by atoms with Crippen LogP contribution in [-0.4, -0.2) is 74.9 Å². The predicted octanol–water partition coefficient (Wildman–Crippen LogP) is 4.03. The minimum atomic E-state index is -3.65. The lowest BCUT2D eigenvalue weighted by Crippen LogP contribution is -2.44. The largest absolute Gasteiger partial charge is 0.369 e. The molecule has 0 radical (unpaired) electrons. The number of nitrogens with one attached hydrogen (secondary N) is 1. The smallest absolute Gasteiger partial charge is 0.244 e. The van der Waals surface area contributed by atoms with E-state index in [2.05, 4.69) is 57.3 Å². The molecule has 0 atom stereocenters. The van der Waals surface area contributed by atoms with Crippen molar-refractivity contribution in [3.05, 3.63) is 70.6 Å². The van der Waals surface area contributed by atoms with E-state index < -0.39 is 10.0 Å². The number of aryl methyl sites for hydroxylation is 1. The first-order valence-electron chi connectivity index (χ1n) is 12.0. The molecule has 0 bridgehead atoms. The monoisotopic (exact) mass is 528 g/mol. The van der Waals surface area contributed by atoms with Crippen LogP contribution in [-0.2, 0) is 22.9 Å². The number of para-hydroxylation sites is 1. The third-order valence-electron chi connectivity index (χ3n) is 6.48. The Morgan fingerprint density at radius 1 is 1.06 bits per heavy atom. The molecule has 1 aliphatic heterocycles. The molecule has 0 saturated carbocycles. The standard InChI is InChI=1S/C26H33ClN6O2S/c1-5-19-16-21(33-14-12-32(4)13-15-33)11-10-20(19)17-25-28-18-22(27)26(30-25)29-23-8-6-7-9-24(23)36(34,35)31(2)3/h6-11,16,18H,5,12-15,17H2,1-4H3,(H,28,29,30). The van der Waals surface area contributed by atoms with Crippen LogP contribution in [0.2, 0.25) is 5.02 Å². The molecule has 10 heteroatoms. The normalized spacial score (nSPS) is 14.9. The minimum absolute atomic E-state index is 0.152. The number of rotatable bonds is 8. The van der Waals surface area contributed by atoms with Crippen molar-refractivity contribution in [1.29, 1.82) is 0 Å². The van der Waals surface area contributed by atoms with Crippen molar-refractivity contribution in [2.24, 2.45) is 0 Å². The highest BCUT2D eigenvalue weighted by Gasteiger charge is 2.22. The van der Waals surface area contributed by atoms with Crippen LogP contribution >= 0.6 is 11.6 Å². The number of hydrogen-bond donors (Lipinski definition) is 1. The third kappa shape index (κ3) is 5.81. The second kappa shape index (κ2) is 11.1. The molecule has 0 spiro atoms. The Labute approximate surface area is 219 Å². The van der Waals surface area contributed by atoms with Crippen LogP contribution < -0.4 is 10.2 Å².